The highest BCUT2D eigenvalue weighted by atomic mass is 16.5. The van der Waals surface area contributed by atoms with E-state index in [2.05, 4.69) is 11.0 Å². The van der Waals surface area contributed by atoms with E-state index >= 15 is 0 Å². The predicted octanol–water partition coefficient (Wildman–Crippen LogP) is 3.35. The van der Waals surface area contributed by atoms with Gasteiger partial charge in [-0.25, -0.2) is 0 Å². The van der Waals surface area contributed by atoms with Crippen molar-refractivity contribution in [2.45, 2.75) is 70.9 Å². The van der Waals surface area contributed by atoms with Crippen LogP contribution >= 0.6 is 0 Å². The smallest absolute Gasteiger partial charge is 0.0730 e. The third-order valence-corrected chi connectivity index (χ3v) is 4.65. The molecule has 0 bridgehead atoms. The summed E-state index contributed by atoms with van der Waals surface area (Å²) in [5.41, 5.74) is -0.154. The van der Waals surface area contributed by atoms with Crippen LogP contribution in [0.5, 0.6) is 0 Å². The molecule has 0 radical (unpaired) electrons. The first kappa shape index (κ1) is 14.8. The van der Waals surface area contributed by atoms with Crippen LogP contribution in [-0.2, 0) is 4.74 Å². The Bertz CT molecular complexity index is 319. The first-order chi connectivity index (χ1) is 9.12. The number of nitrogens with zero attached hydrogens (tertiary/aromatic N) is 2. The molecule has 1 saturated heterocycles. The molecule has 1 heterocycles. The molecule has 2 fully saturated rings. The Labute approximate surface area is 117 Å². The standard InChI is InChI=1S/C16H28N2O/c1-16(2,13-17)9-5-6-10-18-11-12-19-15-8-4-3-7-14(15)18/h14-15H,3-12H2,1-2H3. The summed E-state index contributed by atoms with van der Waals surface area (Å²) in [6.07, 6.45) is 9.16. The summed E-state index contributed by atoms with van der Waals surface area (Å²) in [5, 5.41) is 9.02. The molecular formula is C16H28N2O. The van der Waals surface area contributed by atoms with Crippen molar-refractivity contribution >= 4 is 0 Å². The normalized spacial score (nSPS) is 28.7. The van der Waals surface area contributed by atoms with Crippen molar-refractivity contribution in [2.75, 3.05) is 19.7 Å². The quantitative estimate of drug-likeness (QED) is 0.714. The maximum Gasteiger partial charge on any atom is 0.0730 e. The lowest BCUT2D eigenvalue weighted by molar-refractivity contribution is -0.0883. The molecule has 0 amide bonds. The zero-order valence-electron chi connectivity index (χ0n) is 12.5. The van der Waals surface area contributed by atoms with Crippen molar-refractivity contribution in [1.29, 1.82) is 5.26 Å². The molecule has 108 valence electrons. The van der Waals surface area contributed by atoms with Crippen molar-refractivity contribution < 1.29 is 4.74 Å². The van der Waals surface area contributed by atoms with E-state index in [4.69, 9.17) is 10.00 Å². The molecule has 0 aromatic carbocycles. The van der Waals surface area contributed by atoms with E-state index in [-0.39, 0.29) is 5.41 Å². The van der Waals surface area contributed by atoms with Crippen molar-refractivity contribution in [1.82, 2.24) is 4.90 Å². The fraction of sp³-hybridized carbons (Fsp3) is 0.938. The molecule has 1 aliphatic carbocycles. The van der Waals surface area contributed by atoms with Crippen molar-refractivity contribution in [3.63, 3.8) is 0 Å². The van der Waals surface area contributed by atoms with Gasteiger partial charge in [0.05, 0.1) is 24.2 Å². The Morgan fingerprint density at radius 2 is 2.05 bits per heavy atom. The Morgan fingerprint density at radius 1 is 1.26 bits per heavy atom. The highest BCUT2D eigenvalue weighted by Crippen LogP contribution is 2.29. The average Bonchev–Trinajstić information content (AvgIpc) is 2.44. The number of hydrogen-bond donors (Lipinski definition) is 0. The summed E-state index contributed by atoms with van der Waals surface area (Å²) in [5.74, 6) is 0. The number of unbranched alkanes of at least 4 members (excludes halogenated alkanes) is 1. The van der Waals surface area contributed by atoms with Gasteiger partial charge in [-0.15, -0.1) is 0 Å². The van der Waals surface area contributed by atoms with Gasteiger partial charge in [-0.3, -0.25) is 4.90 Å². The highest BCUT2D eigenvalue weighted by molar-refractivity contribution is 4.91. The fourth-order valence-corrected chi connectivity index (χ4v) is 3.39. The third kappa shape index (κ3) is 4.19. The lowest BCUT2D eigenvalue weighted by Crippen LogP contribution is -2.52. The summed E-state index contributed by atoms with van der Waals surface area (Å²) in [7, 11) is 0. The van der Waals surface area contributed by atoms with Crippen LogP contribution in [0.4, 0.5) is 0 Å². The van der Waals surface area contributed by atoms with E-state index in [1.807, 2.05) is 13.8 Å². The molecule has 2 unspecified atom stereocenters. The van der Waals surface area contributed by atoms with Gasteiger partial charge in [-0.05, 0) is 46.1 Å². The molecule has 3 heteroatoms. The van der Waals surface area contributed by atoms with Crippen LogP contribution in [0.2, 0.25) is 0 Å². The summed E-state index contributed by atoms with van der Waals surface area (Å²) < 4.78 is 5.91. The Morgan fingerprint density at radius 3 is 2.84 bits per heavy atom. The molecule has 3 nitrogen and oxygen atoms in total. The van der Waals surface area contributed by atoms with E-state index in [9.17, 15) is 0 Å². The van der Waals surface area contributed by atoms with Crippen LogP contribution in [0, 0.1) is 16.7 Å². The van der Waals surface area contributed by atoms with Gasteiger partial charge in [-0.2, -0.15) is 5.26 Å². The monoisotopic (exact) mass is 264 g/mol. The second-order valence-electron chi connectivity index (χ2n) is 6.75. The molecule has 2 rings (SSSR count). The van der Waals surface area contributed by atoms with Gasteiger partial charge in [0.25, 0.3) is 0 Å². The van der Waals surface area contributed by atoms with E-state index in [1.165, 1.54) is 38.6 Å². The number of hydrogen-bond acceptors (Lipinski definition) is 3. The van der Waals surface area contributed by atoms with Gasteiger partial charge in [0, 0.05) is 12.6 Å². The molecule has 2 atom stereocenters. The van der Waals surface area contributed by atoms with Gasteiger partial charge in [-0.1, -0.05) is 19.3 Å². The van der Waals surface area contributed by atoms with E-state index in [1.54, 1.807) is 0 Å². The maximum atomic E-state index is 9.02. The third-order valence-electron chi connectivity index (χ3n) is 4.65. The summed E-state index contributed by atoms with van der Waals surface area (Å²) >= 11 is 0. The molecule has 1 saturated carbocycles. The number of morpholine rings is 1. The number of rotatable bonds is 5. The molecular weight excluding hydrogens is 236 g/mol. The number of fused-ring (bicyclic) bond motifs is 1. The summed E-state index contributed by atoms with van der Waals surface area (Å²) in [6.45, 7) is 7.28. The van der Waals surface area contributed by atoms with Crippen LogP contribution in [0.1, 0.15) is 58.8 Å². The predicted molar refractivity (Wildman–Crippen MR) is 76.8 cm³/mol. The molecule has 19 heavy (non-hydrogen) atoms. The average molecular weight is 264 g/mol. The molecule has 0 spiro atoms. The fourth-order valence-electron chi connectivity index (χ4n) is 3.39. The van der Waals surface area contributed by atoms with Gasteiger partial charge in [0.15, 0.2) is 0 Å². The molecule has 0 N–H and O–H groups in total. The highest BCUT2D eigenvalue weighted by Gasteiger charge is 2.33. The molecule has 0 aromatic heterocycles. The Hall–Kier alpha value is -0.590. The topological polar surface area (TPSA) is 36.3 Å². The minimum atomic E-state index is -0.154. The van der Waals surface area contributed by atoms with Crippen LogP contribution in [-0.4, -0.2) is 36.7 Å². The van der Waals surface area contributed by atoms with E-state index in [0.717, 1.165) is 26.0 Å². The molecule has 1 aliphatic heterocycles. The molecule has 0 aromatic rings. The lowest BCUT2D eigenvalue weighted by atomic mass is 9.88. The van der Waals surface area contributed by atoms with Gasteiger partial charge < -0.3 is 4.74 Å². The van der Waals surface area contributed by atoms with E-state index < -0.39 is 0 Å². The Balaban J connectivity index is 1.71. The van der Waals surface area contributed by atoms with E-state index in [0.29, 0.717) is 12.1 Å². The first-order valence-corrected chi connectivity index (χ1v) is 7.89. The summed E-state index contributed by atoms with van der Waals surface area (Å²) in [6, 6.07) is 3.06. The number of nitriles is 1. The van der Waals surface area contributed by atoms with Crippen molar-refractivity contribution in [3.8, 4) is 6.07 Å². The summed E-state index contributed by atoms with van der Waals surface area (Å²) in [4.78, 5) is 2.65. The second kappa shape index (κ2) is 6.72. The van der Waals surface area contributed by atoms with Gasteiger partial charge >= 0.3 is 0 Å². The second-order valence-corrected chi connectivity index (χ2v) is 6.75. The van der Waals surface area contributed by atoms with Gasteiger partial charge in [0.1, 0.15) is 0 Å². The largest absolute Gasteiger partial charge is 0.375 e. The van der Waals surface area contributed by atoms with Crippen molar-refractivity contribution in [3.05, 3.63) is 0 Å². The van der Waals surface area contributed by atoms with Crippen LogP contribution in [0.25, 0.3) is 0 Å². The minimum absolute atomic E-state index is 0.154. The zero-order valence-corrected chi connectivity index (χ0v) is 12.5. The van der Waals surface area contributed by atoms with Crippen LogP contribution in [0.15, 0.2) is 0 Å². The molecule has 2 aliphatic rings. The number of ether oxygens (including phenoxy) is 1. The van der Waals surface area contributed by atoms with Gasteiger partial charge in [0.2, 0.25) is 0 Å². The first-order valence-electron chi connectivity index (χ1n) is 7.89. The lowest BCUT2D eigenvalue weighted by Gasteiger charge is -2.44. The zero-order chi connectivity index (χ0) is 13.7. The minimum Gasteiger partial charge on any atom is -0.375 e. The Kier molecular flexibility index (Phi) is 5.24. The van der Waals surface area contributed by atoms with Crippen molar-refractivity contribution in [2.24, 2.45) is 5.41 Å². The van der Waals surface area contributed by atoms with Crippen LogP contribution in [0.3, 0.4) is 0 Å². The SMILES string of the molecule is CC(C)(C#N)CCCCN1CCOC2CCCCC21. The maximum absolute atomic E-state index is 9.02. The van der Waals surface area contributed by atoms with Crippen LogP contribution < -0.4 is 0 Å².